The Bertz CT molecular complexity index is 544. The molecule has 1 saturated heterocycles. The summed E-state index contributed by atoms with van der Waals surface area (Å²) in [5.74, 6) is 2.33. The third-order valence-electron chi connectivity index (χ3n) is 2.98. The molecule has 0 aliphatic carbocycles. The summed E-state index contributed by atoms with van der Waals surface area (Å²) in [7, 11) is 0. The van der Waals surface area contributed by atoms with Crippen molar-refractivity contribution in [2.45, 2.75) is 6.42 Å². The van der Waals surface area contributed by atoms with Gasteiger partial charge in [-0.3, -0.25) is 4.79 Å². The third kappa shape index (κ3) is 3.19. The highest BCUT2D eigenvalue weighted by molar-refractivity contribution is 7.99. The van der Waals surface area contributed by atoms with Crippen molar-refractivity contribution in [1.82, 2.24) is 9.88 Å². The van der Waals surface area contributed by atoms with Gasteiger partial charge in [0, 0.05) is 30.0 Å². The molecule has 1 aliphatic rings. The average molecular weight is 310 g/mol. The van der Waals surface area contributed by atoms with Crippen LogP contribution in [-0.2, 0) is 11.2 Å². The second kappa shape index (κ2) is 6.07. The van der Waals surface area contributed by atoms with E-state index in [0.29, 0.717) is 6.42 Å². The van der Waals surface area contributed by atoms with Gasteiger partial charge in [0.05, 0.1) is 17.0 Å². The van der Waals surface area contributed by atoms with Gasteiger partial charge >= 0.3 is 0 Å². The third-order valence-corrected chi connectivity index (χ3v) is 5.85. The maximum atomic E-state index is 12.1. The van der Waals surface area contributed by atoms with Gasteiger partial charge < -0.3 is 4.90 Å². The zero-order valence-corrected chi connectivity index (χ0v) is 12.8. The number of nitrogens with zero attached hydrogens (tertiary/aromatic N) is 2. The number of thioether (sulfide) groups is 1. The molecule has 1 aliphatic heterocycles. The van der Waals surface area contributed by atoms with Crippen LogP contribution < -0.4 is 0 Å². The molecular weight excluding hydrogens is 296 g/mol. The van der Waals surface area contributed by atoms with Crippen LogP contribution in [-0.4, -0.2) is 40.4 Å². The van der Waals surface area contributed by atoms with E-state index >= 15 is 0 Å². The second-order valence-electron chi connectivity index (χ2n) is 4.29. The molecule has 3 heterocycles. The van der Waals surface area contributed by atoms with E-state index in [1.807, 2.05) is 33.5 Å². The van der Waals surface area contributed by atoms with Crippen molar-refractivity contribution in [3.05, 3.63) is 28.6 Å². The first kappa shape index (κ1) is 13.1. The molecule has 100 valence electrons. The summed E-state index contributed by atoms with van der Waals surface area (Å²) in [5, 5.41) is 5.07. The first-order chi connectivity index (χ1) is 9.33. The van der Waals surface area contributed by atoms with E-state index in [-0.39, 0.29) is 5.91 Å². The molecule has 2 aromatic heterocycles. The van der Waals surface area contributed by atoms with Crippen LogP contribution in [0.4, 0.5) is 0 Å². The molecule has 0 saturated carbocycles. The zero-order valence-electron chi connectivity index (χ0n) is 10.4. The highest BCUT2D eigenvalue weighted by Crippen LogP contribution is 2.28. The van der Waals surface area contributed by atoms with Crippen LogP contribution in [0, 0.1) is 0 Å². The summed E-state index contributed by atoms with van der Waals surface area (Å²) in [6, 6.07) is 4.09. The van der Waals surface area contributed by atoms with Crippen LogP contribution in [0.3, 0.4) is 0 Å². The molecule has 0 atom stereocenters. The molecule has 0 N–H and O–H groups in total. The summed E-state index contributed by atoms with van der Waals surface area (Å²) in [4.78, 5) is 19.8. The normalized spacial score (nSPS) is 15.7. The number of carbonyl (C=O) groups excluding carboxylic acids is 1. The monoisotopic (exact) mass is 310 g/mol. The lowest BCUT2D eigenvalue weighted by Crippen LogP contribution is -2.38. The van der Waals surface area contributed by atoms with E-state index in [1.165, 1.54) is 4.88 Å². The molecule has 3 nitrogen and oxygen atoms in total. The first-order valence-electron chi connectivity index (χ1n) is 6.17. The van der Waals surface area contributed by atoms with Gasteiger partial charge in [-0.1, -0.05) is 6.07 Å². The quantitative estimate of drug-likeness (QED) is 0.874. The lowest BCUT2D eigenvalue weighted by molar-refractivity contribution is -0.130. The van der Waals surface area contributed by atoms with Gasteiger partial charge in [-0.05, 0) is 11.4 Å². The maximum Gasteiger partial charge on any atom is 0.228 e. The van der Waals surface area contributed by atoms with Gasteiger partial charge in [-0.15, -0.1) is 22.7 Å². The van der Waals surface area contributed by atoms with E-state index in [0.717, 1.165) is 35.3 Å². The lowest BCUT2D eigenvalue weighted by atomic mass is 10.3. The van der Waals surface area contributed by atoms with Crippen LogP contribution in [0.15, 0.2) is 22.9 Å². The summed E-state index contributed by atoms with van der Waals surface area (Å²) < 4.78 is 0. The van der Waals surface area contributed by atoms with E-state index in [4.69, 9.17) is 0 Å². The minimum atomic E-state index is 0.211. The summed E-state index contributed by atoms with van der Waals surface area (Å²) >= 11 is 5.23. The summed E-state index contributed by atoms with van der Waals surface area (Å²) in [6.45, 7) is 1.76. The smallest absolute Gasteiger partial charge is 0.228 e. The van der Waals surface area contributed by atoms with E-state index < -0.39 is 0 Å². The predicted molar refractivity (Wildman–Crippen MR) is 83.0 cm³/mol. The van der Waals surface area contributed by atoms with Gasteiger partial charge in [0.15, 0.2) is 0 Å². The van der Waals surface area contributed by atoms with Crippen molar-refractivity contribution < 1.29 is 4.79 Å². The van der Waals surface area contributed by atoms with Crippen molar-refractivity contribution >= 4 is 40.3 Å². The van der Waals surface area contributed by atoms with Crippen LogP contribution in [0.5, 0.6) is 0 Å². The average Bonchev–Trinajstić information content (AvgIpc) is 3.10. The Kier molecular flexibility index (Phi) is 4.20. The highest BCUT2D eigenvalue weighted by atomic mass is 32.2. The minimum Gasteiger partial charge on any atom is -0.341 e. The first-order valence-corrected chi connectivity index (χ1v) is 9.08. The van der Waals surface area contributed by atoms with Crippen LogP contribution in [0.1, 0.15) is 5.69 Å². The standard InChI is InChI=1S/C13H14N2OS3/c16-12(15-3-6-17-7-4-15)8-10-9-19-13(14-10)11-2-1-5-18-11/h1-2,5,9H,3-4,6-8H2. The van der Waals surface area contributed by atoms with Crippen molar-refractivity contribution in [3.8, 4) is 9.88 Å². The number of hydrogen-bond acceptors (Lipinski definition) is 5. The zero-order chi connectivity index (χ0) is 13.1. The molecule has 1 fully saturated rings. The minimum absolute atomic E-state index is 0.211. The summed E-state index contributed by atoms with van der Waals surface area (Å²) in [6.07, 6.45) is 0.437. The molecule has 3 rings (SSSR count). The number of hydrogen-bond donors (Lipinski definition) is 0. The van der Waals surface area contributed by atoms with E-state index in [1.54, 1.807) is 22.7 Å². The predicted octanol–water partition coefficient (Wildman–Crippen LogP) is 2.99. The van der Waals surface area contributed by atoms with Gasteiger partial charge in [0.2, 0.25) is 5.91 Å². The Balaban J connectivity index is 1.65. The molecule has 6 heteroatoms. The van der Waals surface area contributed by atoms with Crippen molar-refractivity contribution in [1.29, 1.82) is 0 Å². The maximum absolute atomic E-state index is 12.1. The number of rotatable bonds is 3. The molecule has 0 bridgehead atoms. The van der Waals surface area contributed by atoms with Crippen molar-refractivity contribution in [2.75, 3.05) is 24.6 Å². The topological polar surface area (TPSA) is 33.2 Å². The molecule has 2 aromatic rings. The Morgan fingerprint density at radius 2 is 2.16 bits per heavy atom. The number of thiophene rings is 1. The Hall–Kier alpha value is -0.850. The molecule has 1 amide bonds. The lowest BCUT2D eigenvalue weighted by Gasteiger charge is -2.26. The van der Waals surface area contributed by atoms with Crippen LogP contribution in [0.2, 0.25) is 0 Å². The van der Waals surface area contributed by atoms with Gasteiger partial charge in [0.25, 0.3) is 0 Å². The van der Waals surface area contributed by atoms with Crippen LogP contribution >= 0.6 is 34.4 Å². The van der Waals surface area contributed by atoms with Gasteiger partial charge in [-0.2, -0.15) is 11.8 Å². The Morgan fingerprint density at radius 1 is 1.32 bits per heavy atom. The fourth-order valence-corrected chi connectivity index (χ4v) is 4.52. The summed E-state index contributed by atoms with van der Waals surface area (Å²) in [5.41, 5.74) is 0.900. The fourth-order valence-electron chi connectivity index (χ4n) is 1.98. The van der Waals surface area contributed by atoms with Crippen molar-refractivity contribution in [3.63, 3.8) is 0 Å². The number of aromatic nitrogens is 1. The fraction of sp³-hybridized carbons (Fsp3) is 0.385. The Morgan fingerprint density at radius 3 is 2.89 bits per heavy atom. The van der Waals surface area contributed by atoms with E-state index in [2.05, 4.69) is 11.1 Å². The number of amides is 1. The van der Waals surface area contributed by atoms with Crippen LogP contribution in [0.25, 0.3) is 9.88 Å². The number of carbonyl (C=O) groups is 1. The number of thiazole rings is 1. The van der Waals surface area contributed by atoms with Crippen molar-refractivity contribution in [2.24, 2.45) is 0 Å². The highest BCUT2D eigenvalue weighted by Gasteiger charge is 2.18. The SMILES string of the molecule is O=C(Cc1csc(-c2cccs2)n1)N1CCSCC1. The molecular formula is C13H14N2OS3. The second-order valence-corrected chi connectivity index (χ2v) is 7.32. The van der Waals surface area contributed by atoms with E-state index in [9.17, 15) is 4.79 Å². The molecule has 0 unspecified atom stereocenters. The molecule has 0 spiro atoms. The molecule has 0 radical (unpaired) electrons. The molecule has 19 heavy (non-hydrogen) atoms. The molecule has 0 aromatic carbocycles. The van der Waals surface area contributed by atoms with Gasteiger partial charge in [0.1, 0.15) is 5.01 Å². The largest absolute Gasteiger partial charge is 0.341 e. The Labute approximate surface area is 124 Å². The van der Waals surface area contributed by atoms with Gasteiger partial charge in [-0.25, -0.2) is 4.98 Å².